The van der Waals surface area contributed by atoms with Crippen LogP contribution >= 0.6 is 23.5 Å². The molecule has 2 aliphatic heterocycles. The third-order valence-electron chi connectivity index (χ3n) is 3.74. The number of rotatable bonds is 2. The molecule has 3 rings (SSSR count). The minimum absolute atomic E-state index is 0.681. The second kappa shape index (κ2) is 6.43. The molecule has 0 unspecified atom stereocenters. The standard InChI is InChI=1S/C14H22N4S2/c1-11-9-17(3-5-19-11)13-7-15-8-14(16-13)18-4-6-20-12(2)10-18/h7-8,11-12H,3-6,9-10H2,1-2H3/t11-,12-/m1/s1. The maximum absolute atomic E-state index is 4.86. The summed E-state index contributed by atoms with van der Waals surface area (Å²) in [5, 5.41) is 1.36. The van der Waals surface area contributed by atoms with Crippen molar-refractivity contribution in [3.63, 3.8) is 0 Å². The molecule has 20 heavy (non-hydrogen) atoms. The van der Waals surface area contributed by atoms with Crippen molar-refractivity contribution in [2.24, 2.45) is 0 Å². The average molecular weight is 310 g/mol. The molecular formula is C14H22N4S2. The predicted molar refractivity (Wildman–Crippen MR) is 90.3 cm³/mol. The minimum atomic E-state index is 0.681. The van der Waals surface area contributed by atoms with Crippen LogP contribution in [0.5, 0.6) is 0 Å². The third kappa shape index (κ3) is 3.34. The molecule has 0 amide bonds. The normalized spacial score (nSPS) is 27.7. The van der Waals surface area contributed by atoms with Gasteiger partial charge in [-0.2, -0.15) is 23.5 Å². The van der Waals surface area contributed by atoms with Gasteiger partial charge in [-0.25, -0.2) is 4.98 Å². The van der Waals surface area contributed by atoms with Gasteiger partial charge in [-0.15, -0.1) is 0 Å². The van der Waals surface area contributed by atoms with E-state index in [4.69, 9.17) is 4.98 Å². The van der Waals surface area contributed by atoms with Crippen LogP contribution in [0, 0.1) is 0 Å². The fourth-order valence-corrected chi connectivity index (χ4v) is 4.73. The van der Waals surface area contributed by atoms with E-state index in [1.165, 1.54) is 11.5 Å². The van der Waals surface area contributed by atoms with Crippen molar-refractivity contribution in [2.45, 2.75) is 24.3 Å². The molecule has 2 fully saturated rings. The summed E-state index contributed by atoms with van der Waals surface area (Å²) in [6, 6.07) is 0. The summed E-state index contributed by atoms with van der Waals surface area (Å²) in [6.07, 6.45) is 3.82. The molecule has 0 aliphatic carbocycles. The molecule has 110 valence electrons. The predicted octanol–water partition coefficient (Wildman–Crippen LogP) is 2.36. The van der Waals surface area contributed by atoms with E-state index < -0.39 is 0 Å². The van der Waals surface area contributed by atoms with Crippen molar-refractivity contribution in [2.75, 3.05) is 47.5 Å². The summed E-state index contributed by atoms with van der Waals surface area (Å²) < 4.78 is 0. The molecular weight excluding hydrogens is 288 g/mol. The Hall–Kier alpha value is -0.620. The number of hydrogen-bond donors (Lipinski definition) is 0. The zero-order valence-corrected chi connectivity index (χ0v) is 13.8. The minimum Gasteiger partial charge on any atom is -0.353 e. The molecule has 0 bridgehead atoms. The van der Waals surface area contributed by atoms with Gasteiger partial charge in [-0.3, -0.25) is 4.98 Å². The smallest absolute Gasteiger partial charge is 0.149 e. The Morgan fingerprint density at radius 1 is 0.950 bits per heavy atom. The van der Waals surface area contributed by atoms with Gasteiger partial charge >= 0.3 is 0 Å². The topological polar surface area (TPSA) is 32.3 Å². The fraction of sp³-hybridized carbons (Fsp3) is 0.714. The van der Waals surface area contributed by atoms with Gasteiger partial charge in [0.25, 0.3) is 0 Å². The molecule has 1 aromatic heterocycles. The Morgan fingerprint density at radius 3 is 1.90 bits per heavy atom. The van der Waals surface area contributed by atoms with Crippen LogP contribution < -0.4 is 9.80 Å². The summed E-state index contributed by atoms with van der Waals surface area (Å²) in [7, 11) is 0. The number of nitrogens with zero attached hydrogens (tertiary/aromatic N) is 4. The van der Waals surface area contributed by atoms with Crippen molar-refractivity contribution in [3.05, 3.63) is 12.4 Å². The maximum Gasteiger partial charge on any atom is 0.149 e. The van der Waals surface area contributed by atoms with E-state index in [1.54, 1.807) is 0 Å². The van der Waals surface area contributed by atoms with Crippen LogP contribution in [0.15, 0.2) is 12.4 Å². The van der Waals surface area contributed by atoms with E-state index in [1.807, 2.05) is 35.9 Å². The zero-order valence-electron chi connectivity index (χ0n) is 12.2. The Morgan fingerprint density at radius 2 is 1.45 bits per heavy atom. The number of hydrogen-bond acceptors (Lipinski definition) is 6. The Balaban J connectivity index is 1.75. The van der Waals surface area contributed by atoms with Crippen LogP contribution in [-0.2, 0) is 0 Å². The van der Waals surface area contributed by atoms with Crippen molar-refractivity contribution in [1.82, 2.24) is 9.97 Å². The average Bonchev–Trinajstić information content (AvgIpc) is 2.47. The molecule has 2 saturated heterocycles. The molecule has 2 aliphatic rings. The van der Waals surface area contributed by atoms with Crippen LogP contribution in [0.3, 0.4) is 0 Å². The van der Waals surface area contributed by atoms with Gasteiger partial charge in [0.15, 0.2) is 0 Å². The first-order valence-electron chi connectivity index (χ1n) is 7.27. The molecule has 3 heterocycles. The lowest BCUT2D eigenvalue weighted by Crippen LogP contribution is -2.39. The lowest BCUT2D eigenvalue weighted by Gasteiger charge is -2.34. The highest BCUT2D eigenvalue weighted by atomic mass is 32.2. The van der Waals surface area contributed by atoms with E-state index in [0.29, 0.717) is 10.5 Å². The first-order chi connectivity index (χ1) is 9.72. The molecule has 4 nitrogen and oxygen atoms in total. The van der Waals surface area contributed by atoms with Crippen LogP contribution in [0.1, 0.15) is 13.8 Å². The number of thioether (sulfide) groups is 2. The number of anilines is 2. The quantitative estimate of drug-likeness (QED) is 0.834. The van der Waals surface area contributed by atoms with E-state index in [9.17, 15) is 0 Å². The zero-order chi connectivity index (χ0) is 13.9. The Labute approximate surface area is 129 Å². The SMILES string of the molecule is C[C@@H]1CN(c2cncc(N3CCS[C@H](C)C3)n2)CCS1. The monoisotopic (exact) mass is 310 g/mol. The van der Waals surface area contributed by atoms with Gasteiger partial charge in [-0.05, 0) is 0 Å². The summed E-state index contributed by atoms with van der Waals surface area (Å²) in [4.78, 5) is 14.0. The fourth-order valence-electron chi connectivity index (χ4n) is 2.70. The second-order valence-electron chi connectivity index (χ2n) is 5.49. The summed E-state index contributed by atoms with van der Waals surface area (Å²) in [5.41, 5.74) is 0. The van der Waals surface area contributed by atoms with Crippen molar-refractivity contribution >= 4 is 35.2 Å². The van der Waals surface area contributed by atoms with Gasteiger partial charge in [-0.1, -0.05) is 13.8 Å². The van der Waals surface area contributed by atoms with Crippen molar-refractivity contribution in [1.29, 1.82) is 0 Å². The lowest BCUT2D eigenvalue weighted by atomic mass is 10.3. The molecule has 0 aromatic carbocycles. The molecule has 1 aromatic rings. The van der Waals surface area contributed by atoms with Crippen LogP contribution in [-0.4, -0.2) is 58.2 Å². The van der Waals surface area contributed by atoms with Gasteiger partial charge in [0, 0.05) is 48.2 Å². The van der Waals surface area contributed by atoms with E-state index in [2.05, 4.69) is 28.6 Å². The van der Waals surface area contributed by atoms with Crippen molar-refractivity contribution < 1.29 is 0 Å². The highest BCUT2D eigenvalue weighted by Crippen LogP contribution is 2.25. The van der Waals surface area contributed by atoms with E-state index >= 15 is 0 Å². The van der Waals surface area contributed by atoms with Gasteiger partial charge in [0.1, 0.15) is 11.6 Å². The summed E-state index contributed by atoms with van der Waals surface area (Å²) in [6.45, 7) is 8.90. The highest BCUT2D eigenvalue weighted by molar-refractivity contribution is 8.00. The third-order valence-corrected chi connectivity index (χ3v) is 6.01. The summed E-state index contributed by atoms with van der Waals surface area (Å²) in [5.74, 6) is 4.45. The van der Waals surface area contributed by atoms with Crippen molar-refractivity contribution in [3.8, 4) is 0 Å². The number of aromatic nitrogens is 2. The first-order valence-corrected chi connectivity index (χ1v) is 9.37. The molecule has 0 saturated carbocycles. The lowest BCUT2D eigenvalue weighted by molar-refractivity contribution is 0.746. The van der Waals surface area contributed by atoms with Crippen LogP contribution in [0.25, 0.3) is 0 Å². The van der Waals surface area contributed by atoms with E-state index in [0.717, 1.165) is 37.8 Å². The Kier molecular flexibility index (Phi) is 4.61. The second-order valence-corrected chi connectivity index (χ2v) is 8.58. The van der Waals surface area contributed by atoms with Crippen LogP contribution in [0.2, 0.25) is 0 Å². The Bertz CT molecular complexity index is 419. The molecule has 0 radical (unpaired) electrons. The summed E-state index contributed by atoms with van der Waals surface area (Å²) >= 11 is 4.09. The molecule has 2 atom stereocenters. The van der Waals surface area contributed by atoms with Gasteiger partial charge in [0.05, 0.1) is 12.4 Å². The molecule has 0 N–H and O–H groups in total. The largest absolute Gasteiger partial charge is 0.353 e. The molecule has 0 spiro atoms. The highest BCUT2D eigenvalue weighted by Gasteiger charge is 2.21. The first kappa shape index (κ1) is 14.3. The molecule has 6 heteroatoms. The van der Waals surface area contributed by atoms with Crippen LogP contribution in [0.4, 0.5) is 11.6 Å². The van der Waals surface area contributed by atoms with Gasteiger partial charge in [0.2, 0.25) is 0 Å². The van der Waals surface area contributed by atoms with E-state index in [-0.39, 0.29) is 0 Å². The van der Waals surface area contributed by atoms with Gasteiger partial charge < -0.3 is 9.80 Å². The maximum atomic E-state index is 4.86.